The standard InChI is InChI=1S/C20H24ClN3O4S/c1-23-9-11-24(12-10-23)29(26,27)14-15-3-5-16(6-4-15)20(25)22-17-7-8-19(28-2)18(21)13-17/h3-8,13H,9-12,14H2,1-2H3,(H,22,25). The SMILES string of the molecule is COc1ccc(NC(=O)c2ccc(CS(=O)(=O)N3CCN(C)CC3)cc2)cc1Cl. The first kappa shape index (κ1) is 21.6. The van der Waals surface area contributed by atoms with Crippen LogP contribution in [0.15, 0.2) is 42.5 Å². The van der Waals surface area contributed by atoms with Gasteiger partial charge in [0.05, 0.1) is 17.9 Å². The van der Waals surface area contributed by atoms with Gasteiger partial charge >= 0.3 is 0 Å². The molecule has 1 fully saturated rings. The van der Waals surface area contributed by atoms with Gasteiger partial charge in [-0.25, -0.2) is 8.42 Å². The molecule has 1 N–H and O–H groups in total. The van der Waals surface area contributed by atoms with Gasteiger partial charge in [-0.3, -0.25) is 4.79 Å². The first-order valence-electron chi connectivity index (χ1n) is 9.19. The zero-order valence-electron chi connectivity index (χ0n) is 16.4. The monoisotopic (exact) mass is 437 g/mol. The van der Waals surface area contributed by atoms with E-state index in [1.54, 1.807) is 42.5 Å². The molecule has 2 aromatic carbocycles. The number of carbonyl (C=O) groups excluding carboxylic acids is 1. The van der Waals surface area contributed by atoms with Crippen molar-refractivity contribution in [2.75, 3.05) is 45.7 Å². The van der Waals surface area contributed by atoms with Gasteiger partial charge in [-0.15, -0.1) is 0 Å². The number of methoxy groups -OCH3 is 1. The highest BCUT2D eigenvalue weighted by atomic mass is 35.5. The highest BCUT2D eigenvalue weighted by molar-refractivity contribution is 7.88. The summed E-state index contributed by atoms with van der Waals surface area (Å²) in [6.07, 6.45) is 0. The average Bonchev–Trinajstić information content (AvgIpc) is 2.68. The van der Waals surface area contributed by atoms with E-state index in [0.29, 0.717) is 40.7 Å². The Bertz CT molecular complexity index is 972. The van der Waals surface area contributed by atoms with Crippen molar-refractivity contribution in [3.05, 3.63) is 58.6 Å². The van der Waals surface area contributed by atoms with E-state index in [1.165, 1.54) is 11.4 Å². The van der Waals surface area contributed by atoms with Crippen molar-refractivity contribution < 1.29 is 17.9 Å². The molecule has 1 aliphatic heterocycles. The first-order chi connectivity index (χ1) is 13.8. The normalized spacial score (nSPS) is 15.8. The van der Waals surface area contributed by atoms with Crippen LogP contribution in [0, 0.1) is 0 Å². The molecular weight excluding hydrogens is 414 g/mol. The summed E-state index contributed by atoms with van der Waals surface area (Å²) in [6.45, 7) is 2.47. The van der Waals surface area contributed by atoms with Gasteiger partial charge in [0.25, 0.3) is 5.91 Å². The Hall–Kier alpha value is -2.13. The molecule has 0 aromatic heterocycles. The quantitative estimate of drug-likeness (QED) is 0.751. The summed E-state index contributed by atoms with van der Waals surface area (Å²) >= 11 is 6.07. The van der Waals surface area contributed by atoms with E-state index in [1.807, 2.05) is 7.05 Å². The second-order valence-corrected chi connectivity index (χ2v) is 9.34. The van der Waals surface area contributed by atoms with E-state index >= 15 is 0 Å². The number of amides is 1. The van der Waals surface area contributed by atoms with Crippen LogP contribution in [-0.4, -0.2) is 63.9 Å². The third-order valence-corrected chi connectivity index (χ3v) is 6.98. The number of sulfonamides is 1. The molecule has 156 valence electrons. The number of halogens is 1. The maximum absolute atomic E-state index is 12.6. The summed E-state index contributed by atoms with van der Waals surface area (Å²) < 4.78 is 31.8. The van der Waals surface area contributed by atoms with Crippen molar-refractivity contribution in [2.45, 2.75) is 5.75 Å². The summed E-state index contributed by atoms with van der Waals surface area (Å²) in [4.78, 5) is 14.5. The summed E-state index contributed by atoms with van der Waals surface area (Å²) in [5.41, 5.74) is 1.62. The maximum Gasteiger partial charge on any atom is 0.255 e. The minimum absolute atomic E-state index is 0.0767. The third kappa shape index (κ3) is 5.48. The van der Waals surface area contributed by atoms with Gasteiger partial charge in [0.1, 0.15) is 5.75 Å². The van der Waals surface area contributed by atoms with E-state index in [0.717, 1.165) is 13.1 Å². The number of piperazine rings is 1. The zero-order chi connectivity index (χ0) is 21.0. The second kappa shape index (κ2) is 9.13. The molecule has 0 bridgehead atoms. The van der Waals surface area contributed by atoms with Crippen LogP contribution in [0.1, 0.15) is 15.9 Å². The molecule has 7 nitrogen and oxygen atoms in total. The maximum atomic E-state index is 12.6. The number of rotatable bonds is 6. The number of hydrogen-bond acceptors (Lipinski definition) is 5. The topological polar surface area (TPSA) is 78.9 Å². The van der Waals surface area contributed by atoms with Gasteiger partial charge in [-0.05, 0) is 42.9 Å². The molecule has 0 radical (unpaired) electrons. The number of likely N-dealkylation sites (N-methyl/N-ethyl adjacent to an activating group) is 1. The number of nitrogens with one attached hydrogen (secondary N) is 1. The molecule has 0 spiro atoms. The Labute approximate surface area is 176 Å². The van der Waals surface area contributed by atoms with Crippen LogP contribution < -0.4 is 10.1 Å². The summed E-state index contributed by atoms with van der Waals surface area (Å²) in [5.74, 6) is 0.141. The molecule has 1 saturated heterocycles. The van der Waals surface area contributed by atoms with Crippen LogP contribution in [-0.2, 0) is 15.8 Å². The Morgan fingerprint density at radius 1 is 1.10 bits per heavy atom. The molecule has 9 heteroatoms. The highest BCUT2D eigenvalue weighted by Gasteiger charge is 2.25. The molecule has 1 heterocycles. The number of ether oxygens (including phenoxy) is 1. The van der Waals surface area contributed by atoms with Crippen LogP contribution in [0.2, 0.25) is 5.02 Å². The smallest absolute Gasteiger partial charge is 0.255 e. The Morgan fingerprint density at radius 2 is 1.76 bits per heavy atom. The fourth-order valence-electron chi connectivity index (χ4n) is 3.07. The van der Waals surface area contributed by atoms with Crippen molar-refractivity contribution in [1.82, 2.24) is 9.21 Å². The van der Waals surface area contributed by atoms with Crippen LogP contribution in [0.25, 0.3) is 0 Å². The van der Waals surface area contributed by atoms with Gasteiger partial charge in [0, 0.05) is 37.4 Å². The molecule has 0 unspecified atom stereocenters. The largest absolute Gasteiger partial charge is 0.495 e. The van der Waals surface area contributed by atoms with Crippen molar-refractivity contribution >= 4 is 33.2 Å². The Balaban J connectivity index is 1.63. The van der Waals surface area contributed by atoms with Crippen molar-refractivity contribution in [3.8, 4) is 5.75 Å². The van der Waals surface area contributed by atoms with E-state index < -0.39 is 10.0 Å². The van der Waals surface area contributed by atoms with E-state index in [4.69, 9.17) is 16.3 Å². The van der Waals surface area contributed by atoms with E-state index in [2.05, 4.69) is 10.2 Å². The lowest BCUT2D eigenvalue weighted by atomic mass is 10.1. The lowest BCUT2D eigenvalue weighted by molar-refractivity contribution is 0.102. The molecule has 3 rings (SSSR count). The van der Waals surface area contributed by atoms with Crippen molar-refractivity contribution in [1.29, 1.82) is 0 Å². The van der Waals surface area contributed by atoms with Gasteiger partial charge in [0.2, 0.25) is 10.0 Å². The fraction of sp³-hybridized carbons (Fsp3) is 0.350. The second-order valence-electron chi connectivity index (χ2n) is 6.96. The van der Waals surface area contributed by atoms with Crippen LogP contribution >= 0.6 is 11.6 Å². The lowest BCUT2D eigenvalue weighted by Gasteiger charge is -2.31. The predicted octanol–water partition coefficient (Wildman–Crippen LogP) is 2.68. The summed E-state index contributed by atoms with van der Waals surface area (Å²) in [5, 5.41) is 3.16. The molecule has 0 saturated carbocycles. The predicted molar refractivity (Wildman–Crippen MR) is 114 cm³/mol. The summed E-state index contributed by atoms with van der Waals surface area (Å²) in [6, 6.07) is 11.6. The minimum atomic E-state index is -3.37. The van der Waals surface area contributed by atoms with Gasteiger partial charge in [-0.1, -0.05) is 23.7 Å². The number of nitrogens with zero attached hydrogens (tertiary/aromatic N) is 2. The molecule has 0 atom stereocenters. The molecule has 29 heavy (non-hydrogen) atoms. The van der Waals surface area contributed by atoms with Crippen LogP contribution in [0.5, 0.6) is 5.75 Å². The number of hydrogen-bond donors (Lipinski definition) is 1. The lowest BCUT2D eigenvalue weighted by Crippen LogP contribution is -2.47. The van der Waals surface area contributed by atoms with Crippen LogP contribution in [0.4, 0.5) is 5.69 Å². The fourth-order valence-corrected chi connectivity index (χ4v) is 4.84. The Kier molecular flexibility index (Phi) is 6.79. The number of anilines is 1. The third-order valence-electron chi connectivity index (χ3n) is 4.83. The van der Waals surface area contributed by atoms with Gasteiger partial charge in [-0.2, -0.15) is 4.31 Å². The van der Waals surface area contributed by atoms with Gasteiger partial charge < -0.3 is 15.0 Å². The van der Waals surface area contributed by atoms with E-state index in [-0.39, 0.29) is 11.7 Å². The Morgan fingerprint density at radius 3 is 2.34 bits per heavy atom. The molecule has 2 aromatic rings. The zero-order valence-corrected chi connectivity index (χ0v) is 18.0. The number of benzene rings is 2. The minimum Gasteiger partial charge on any atom is -0.495 e. The molecule has 0 aliphatic carbocycles. The van der Waals surface area contributed by atoms with Crippen LogP contribution in [0.3, 0.4) is 0 Å². The van der Waals surface area contributed by atoms with Crippen molar-refractivity contribution in [2.24, 2.45) is 0 Å². The van der Waals surface area contributed by atoms with Gasteiger partial charge in [0.15, 0.2) is 0 Å². The molecular formula is C20H24ClN3O4S. The average molecular weight is 438 g/mol. The highest BCUT2D eigenvalue weighted by Crippen LogP contribution is 2.27. The van der Waals surface area contributed by atoms with Crippen molar-refractivity contribution in [3.63, 3.8) is 0 Å². The molecule has 1 amide bonds. The summed E-state index contributed by atoms with van der Waals surface area (Å²) in [7, 11) is 0.125. The van der Waals surface area contributed by atoms with E-state index in [9.17, 15) is 13.2 Å². The number of carbonyl (C=O) groups is 1. The first-order valence-corrected chi connectivity index (χ1v) is 11.2. The molecule has 1 aliphatic rings.